The molecule has 1 atom stereocenters. The zero-order chi connectivity index (χ0) is 15.0. The summed E-state index contributed by atoms with van der Waals surface area (Å²) in [5.41, 5.74) is 7.61. The van der Waals surface area contributed by atoms with E-state index >= 15 is 0 Å². The minimum atomic E-state index is -0.420. The first-order valence-electron chi connectivity index (χ1n) is 6.73. The Kier molecular flexibility index (Phi) is 6.73. The maximum absolute atomic E-state index is 11.4. The number of carbonyl (C=O) groups excluding carboxylic acids is 2. The largest absolute Gasteiger partial charge is 0.468 e. The summed E-state index contributed by atoms with van der Waals surface area (Å²) in [5, 5.41) is 0. The molecule has 0 saturated carbocycles. The standard InChI is InChI=1S/C15H22N2O3/c1-3-4-14(17(11-18)10-15(19)20-2)13-7-5-12(9-16)6-8-13/h5-8,11,14H,3-4,9-10,16H2,1-2H3. The number of hydrogen-bond acceptors (Lipinski definition) is 4. The number of rotatable bonds is 8. The zero-order valence-corrected chi connectivity index (χ0v) is 12.0. The molecule has 0 spiro atoms. The smallest absolute Gasteiger partial charge is 0.325 e. The SMILES string of the molecule is CCCC(c1ccc(CN)cc1)N(C=O)CC(=O)OC. The molecule has 2 N–H and O–H groups in total. The number of ether oxygens (including phenoxy) is 1. The van der Waals surface area contributed by atoms with Crippen molar-refractivity contribution in [3.05, 3.63) is 35.4 Å². The molecule has 0 aromatic heterocycles. The maximum atomic E-state index is 11.4. The van der Waals surface area contributed by atoms with Crippen LogP contribution in [0.1, 0.15) is 36.9 Å². The highest BCUT2D eigenvalue weighted by Crippen LogP contribution is 2.25. The first-order chi connectivity index (χ1) is 9.65. The van der Waals surface area contributed by atoms with Crippen molar-refractivity contribution < 1.29 is 14.3 Å². The lowest BCUT2D eigenvalue weighted by Crippen LogP contribution is -2.33. The quantitative estimate of drug-likeness (QED) is 0.579. The summed E-state index contributed by atoms with van der Waals surface area (Å²) in [6.45, 7) is 2.49. The molecule has 0 saturated heterocycles. The van der Waals surface area contributed by atoms with Crippen LogP contribution in [0.5, 0.6) is 0 Å². The summed E-state index contributed by atoms with van der Waals surface area (Å²) in [7, 11) is 1.32. The Labute approximate surface area is 119 Å². The van der Waals surface area contributed by atoms with E-state index in [9.17, 15) is 9.59 Å². The molecule has 1 rings (SSSR count). The lowest BCUT2D eigenvalue weighted by molar-refractivity contribution is -0.145. The van der Waals surface area contributed by atoms with E-state index in [2.05, 4.69) is 4.74 Å². The van der Waals surface area contributed by atoms with Gasteiger partial charge in [-0.2, -0.15) is 0 Å². The number of nitrogens with two attached hydrogens (primary N) is 1. The number of amides is 1. The third-order valence-corrected chi connectivity index (χ3v) is 3.24. The van der Waals surface area contributed by atoms with Gasteiger partial charge in [0.2, 0.25) is 6.41 Å². The Balaban J connectivity index is 2.94. The minimum Gasteiger partial charge on any atom is -0.468 e. The first kappa shape index (κ1) is 16.2. The topological polar surface area (TPSA) is 72.6 Å². The fourth-order valence-electron chi connectivity index (χ4n) is 2.11. The van der Waals surface area contributed by atoms with Crippen LogP contribution >= 0.6 is 0 Å². The van der Waals surface area contributed by atoms with Crippen molar-refractivity contribution in [3.63, 3.8) is 0 Å². The molecule has 0 bridgehead atoms. The molecule has 0 aliphatic heterocycles. The highest BCUT2D eigenvalue weighted by atomic mass is 16.5. The Bertz CT molecular complexity index is 431. The second-order valence-corrected chi connectivity index (χ2v) is 4.60. The van der Waals surface area contributed by atoms with Crippen LogP contribution in [0.2, 0.25) is 0 Å². The van der Waals surface area contributed by atoms with Crippen LogP contribution < -0.4 is 5.73 Å². The van der Waals surface area contributed by atoms with Gasteiger partial charge in [0.05, 0.1) is 13.2 Å². The average Bonchev–Trinajstić information content (AvgIpc) is 2.50. The van der Waals surface area contributed by atoms with Crippen LogP contribution in [0.25, 0.3) is 0 Å². The zero-order valence-electron chi connectivity index (χ0n) is 12.0. The number of carbonyl (C=O) groups is 2. The van der Waals surface area contributed by atoms with E-state index in [1.54, 1.807) is 0 Å². The lowest BCUT2D eigenvalue weighted by atomic mass is 9.99. The van der Waals surface area contributed by atoms with Crippen LogP contribution in [0, 0.1) is 0 Å². The number of benzene rings is 1. The van der Waals surface area contributed by atoms with Gasteiger partial charge in [0.15, 0.2) is 0 Å². The Hall–Kier alpha value is -1.88. The molecule has 0 heterocycles. The molecule has 1 amide bonds. The Morgan fingerprint density at radius 2 is 2.05 bits per heavy atom. The van der Waals surface area contributed by atoms with E-state index in [4.69, 9.17) is 5.73 Å². The van der Waals surface area contributed by atoms with Crippen molar-refractivity contribution in [1.29, 1.82) is 0 Å². The number of hydrogen-bond donors (Lipinski definition) is 1. The van der Waals surface area contributed by atoms with Gasteiger partial charge in [-0.05, 0) is 17.5 Å². The highest BCUT2D eigenvalue weighted by Gasteiger charge is 2.20. The molecule has 1 aromatic rings. The molecule has 1 unspecified atom stereocenters. The molecule has 0 radical (unpaired) electrons. The summed E-state index contributed by atoms with van der Waals surface area (Å²) in [4.78, 5) is 24.1. The first-order valence-corrected chi connectivity index (χ1v) is 6.73. The van der Waals surface area contributed by atoms with E-state index in [0.29, 0.717) is 13.0 Å². The van der Waals surface area contributed by atoms with Gasteiger partial charge in [-0.25, -0.2) is 0 Å². The Morgan fingerprint density at radius 1 is 1.40 bits per heavy atom. The number of nitrogens with zero attached hydrogens (tertiary/aromatic N) is 1. The van der Waals surface area contributed by atoms with Crippen molar-refractivity contribution in [2.45, 2.75) is 32.4 Å². The van der Waals surface area contributed by atoms with Crippen molar-refractivity contribution in [1.82, 2.24) is 4.90 Å². The van der Waals surface area contributed by atoms with Crippen LogP contribution in [0.3, 0.4) is 0 Å². The van der Waals surface area contributed by atoms with Crippen molar-refractivity contribution in [3.8, 4) is 0 Å². The van der Waals surface area contributed by atoms with Crippen LogP contribution in [0.4, 0.5) is 0 Å². The molecule has 0 aliphatic rings. The monoisotopic (exact) mass is 278 g/mol. The van der Waals surface area contributed by atoms with E-state index in [0.717, 1.165) is 24.0 Å². The van der Waals surface area contributed by atoms with Gasteiger partial charge in [-0.3, -0.25) is 9.59 Å². The van der Waals surface area contributed by atoms with Gasteiger partial charge in [0.25, 0.3) is 0 Å². The van der Waals surface area contributed by atoms with Crippen LogP contribution in [-0.2, 0) is 20.9 Å². The molecule has 1 aromatic carbocycles. The summed E-state index contributed by atoms with van der Waals surface area (Å²) in [6, 6.07) is 7.67. The summed E-state index contributed by atoms with van der Waals surface area (Å²) in [6.07, 6.45) is 2.40. The van der Waals surface area contributed by atoms with Crippen molar-refractivity contribution in [2.75, 3.05) is 13.7 Å². The molecular formula is C15H22N2O3. The highest BCUT2D eigenvalue weighted by molar-refractivity contribution is 5.74. The van der Waals surface area contributed by atoms with E-state index in [-0.39, 0.29) is 12.6 Å². The van der Waals surface area contributed by atoms with Crippen molar-refractivity contribution >= 4 is 12.4 Å². The molecule has 20 heavy (non-hydrogen) atoms. The minimum absolute atomic E-state index is 0.0384. The van der Waals surface area contributed by atoms with Crippen molar-refractivity contribution in [2.24, 2.45) is 5.73 Å². The molecule has 5 nitrogen and oxygen atoms in total. The predicted molar refractivity (Wildman–Crippen MR) is 76.8 cm³/mol. The van der Waals surface area contributed by atoms with E-state index < -0.39 is 5.97 Å². The van der Waals surface area contributed by atoms with Gasteiger partial charge in [-0.15, -0.1) is 0 Å². The van der Waals surface area contributed by atoms with Crippen LogP contribution in [-0.4, -0.2) is 30.9 Å². The maximum Gasteiger partial charge on any atom is 0.325 e. The second-order valence-electron chi connectivity index (χ2n) is 4.60. The molecular weight excluding hydrogens is 256 g/mol. The normalized spacial score (nSPS) is 11.8. The van der Waals surface area contributed by atoms with E-state index in [1.165, 1.54) is 12.0 Å². The van der Waals surface area contributed by atoms with E-state index in [1.807, 2.05) is 31.2 Å². The second kappa shape index (κ2) is 8.32. The van der Waals surface area contributed by atoms with Gasteiger partial charge >= 0.3 is 5.97 Å². The summed E-state index contributed by atoms with van der Waals surface area (Å²) < 4.78 is 4.63. The lowest BCUT2D eigenvalue weighted by Gasteiger charge is -2.27. The predicted octanol–water partition coefficient (Wildman–Crippen LogP) is 1.62. The fourth-order valence-corrected chi connectivity index (χ4v) is 2.11. The van der Waals surface area contributed by atoms with Gasteiger partial charge < -0.3 is 15.4 Å². The van der Waals surface area contributed by atoms with Crippen LogP contribution in [0.15, 0.2) is 24.3 Å². The Morgan fingerprint density at radius 3 is 2.50 bits per heavy atom. The fraction of sp³-hybridized carbons (Fsp3) is 0.467. The van der Waals surface area contributed by atoms with Gasteiger partial charge in [0, 0.05) is 6.54 Å². The molecule has 0 fully saturated rings. The average molecular weight is 278 g/mol. The molecule has 0 aliphatic carbocycles. The molecule has 5 heteroatoms. The third-order valence-electron chi connectivity index (χ3n) is 3.24. The molecule has 110 valence electrons. The van der Waals surface area contributed by atoms with Gasteiger partial charge in [-0.1, -0.05) is 37.6 Å². The summed E-state index contributed by atoms with van der Waals surface area (Å²) in [5.74, 6) is -0.420. The number of methoxy groups -OCH3 is 1. The summed E-state index contributed by atoms with van der Waals surface area (Å²) >= 11 is 0. The number of esters is 1. The van der Waals surface area contributed by atoms with Gasteiger partial charge in [0.1, 0.15) is 6.54 Å². The third kappa shape index (κ3) is 4.35.